The average molecular weight is 383 g/mol. The molecule has 2 aromatic rings. The number of benzene rings is 1. The Balaban J connectivity index is 2.78. The Kier molecular flexibility index (Phi) is 4.99. The Labute approximate surface area is 143 Å². The van der Waals surface area contributed by atoms with Gasteiger partial charge >= 0.3 is 5.97 Å². The van der Waals surface area contributed by atoms with Crippen LogP contribution in [0.4, 0.5) is 0 Å². The first-order valence-corrected chi connectivity index (χ1v) is 7.83. The van der Waals surface area contributed by atoms with Crippen molar-refractivity contribution in [1.82, 2.24) is 9.78 Å². The minimum absolute atomic E-state index is 0.0115. The summed E-state index contributed by atoms with van der Waals surface area (Å²) >= 11 is 3.53. The van der Waals surface area contributed by atoms with Gasteiger partial charge in [-0.1, -0.05) is 13.8 Å². The molecule has 23 heavy (non-hydrogen) atoms. The third-order valence-electron chi connectivity index (χ3n) is 3.61. The molecule has 0 bridgehead atoms. The van der Waals surface area contributed by atoms with Crippen LogP contribution in [-0.4, -0.2) is 35.1 Å². The van der Waals surface area contributed by atoms with Crippen LogP contribution in [0.2, 0.25) is 0 Å². The zero-order valence-electron chi connectivity index (χ0n) is 13.7. The molecule has 0 fully saturated rings. The highest BCUT2D eigenvalue weighted by Crippen LogP contribution is 2.46. The monoisotopic (exact) mass is 382 g/mol. The first-order valence-electron chi connectivity index (χ1n) is 7.03. The summed E-state index contributed by atoms with van der Waals surface area (Å²) in [7, 11) is 4.87. The maximum absolute atomic E-state index is 11.2. The van der Waals surface area contributed by atoms with Crippen molar-refractivity contribution in [2.45, 2.75) is 19.8 Å². The summed E-state index contributed by atoms with van der Waals surface area (Å²) in [6.07, 6.45) is 0. The number of nitrogens with zero attached hydrogens (tertiary/aromatic N) is 2. The van der Waals surface area contributed by atoms with E-state index in [1.54, 1.807) is 21.3 Å². The van der Waals surface area contributed by atoms with E-state index in [-0.39, 0.29) is 11.6 Å². The maximum atomic E-state index is 11.2. The molecule has 0 unspecified atom stereocenters. The average Bonchev–Trinajstić information content (AvgIpc) is 2.88. The van der Waals surface area contributed by atoms with E-state index in [1.807, 2.05) is 6.07 Å². The van der Waals surface area contributed by atoms with Crippen LogP contribution in [0, 0.1) is 0 Å². The van der Waals surface area contributed by atoms with Crippen LogP contribution in [0.15, 0.2) is 16.6 Å². The second-order valence-electron chi connectivity index (χ2n) is 5.39. The van der Waals surface area contributed by atoms with Crippen molar-refractivity contribution >= 4 is 21.9 Å². The van der Waals surface area contributed by atoms with E-state index in [1.165, 1.54) is 10.7 Å². The molecule has 0 aliphatic heterocycles. The molecule has 1 aromatic heterocycles. The van der Waals surface area contributed by atoms with Gasteiger partial charge in [0.15, 0.2) is 5.69 Å². The highest BCUT2D eigenvalue weighted by Gasteiger charge is 2.23. The van der Waals surface area contributed by atoms with Crippen LogP contribution in [0.25, 0.3) is 11.3 Å². The first kappa shape index (κ1) is 17.3. The SMILES string of the molecule is COc1c(-c2cc(C(=O)O)nn2C)cc(C(C)C)c(OC)c1Br. The second kappa shape index (κ2) is 6.62. The van der Waals surface area contributed by atoms with Crippen LogP contribution in [-0.2, 0) is 7.05 Å². The lowest BCUT2D eigenvalue weighted by atomic mass is 9.97. The molecule has 7 heteroatoms. The molecule has 1 aromatic carbocycles. The number of halogens is 1. The van der Waals surface area contributed by atoms with Crippen molar-refractivity contribution in [3.05, 3.63) is 27.9 Å². The highest BCUT2D eigenvalue weighted by molar-refractivity contribution is 9.10. The Hall–Kier alpha value is -2.02. The summed E-state index contributed by atoms with van der Waals surface area (Å²) in [5.41, 5.74) is 2.40. The smallest absolute Gasteiger partial charge is 0.356 e. The molecule has 0 radical (unpaired) electrons. The zero-order chi connectivity index (χ0) is 17.3. The van der Waals surface area contributed by atoms with E-state index in [0.29, 0.717) is 21.7 Å². The Bertz CT molecular complexity index is 753. The quantitative estimate of drug-likeness (QED) is 0.853. The molecular weight excluding hydrogens is 364 g/mol. The number of carbonyl (C=O) groups is 1. The van der Waals surface area contributed by atoms with Crippen molar-refractivity contribution < 1.29 is 19.4 Å². The van der Waals surface area contributed by atoms with Crippen LogP contribution in [0.3, 0.4) is 0 Å². The lowest BCUT2D eigenvalue weighted by Gasteiger charge is -2.19. The summed E-state index contributed by atoms with van der Waals surface area (Å²) in [6, 6.07) is 3.49. The van der Waals surface area contributed by atoms with Crippen molar-refractivity contribution in [2.75, 3.05) is 14.2 Å². The third kappa shape index (κ3) is 3.06. The second-order valence-corrected chi connectivity index (χ2v) is 6.19. The van der Waals surface area contributed by atoms with E-state index < -0.39 is 5.97 Å². The largest absolute Gasteiger partial charge is 0.495 e. The lowest BCUT2D eigenvalue weighted by molar-refractivity contribution is 0.0689. The van der Waals surface area contributed by atoms with Gasteiger partial charge in [0.05, 0.1) is 19.9 Å². The summed E-state index contributed by atoms with van der Waals surface area (Å²) in [5.74, 6) is 0.438. The molecule has 0 aliphatic rings. The number of aryl methyl sites for hydroxylation is 1. The minimum atomic E-state index is -1.07. The van der Waals surface area contributed by atoms with E-state index in [0.717, 1.165) is 11.1 Å². The molecule has 0 atom stereocenters. The van der Waals surface area contributed by atoms with Gasteiger partial charge in [-0.25, -0.2) is 4.79 Å². The van der Waals surface area contributed by atoms with Gasteiger partial charge in [-0.2, -0.15) is 5.10 Å². The van der Waals surface area contributed by atoms with Gasteiger partial charge in [-0.15, -0.1) is 0 Å². The molecule has 6 nitrogen and oxygen atoms in total. The number of rotatable bonds is 5. The van der Waals surface area contributed by atoms with Gasteiger partial charge in [0, 0.05) is 12.6 Å². The van der Waals surface area contributed by atoms with Crippen molar-refractivity contribution in [3.8, 4) is 22.8 Å². The molecule has 2 rings (SSSR count). The number of carboxylic acid groups (broad SMARTS) is 1. The topological polar surface area (TPSA) is 73.6 Å². The Morgan fingerprint density at radius 1 is 1.26 bits per heavy atom. The van der Waals surface area contributed by atoms with Crippen molar-refractivity contribution in [2.24, 2.45) is 7.05 Å². The fourth-order valence-corrected chi connectivity index (χ4v) is 3.25. The molecule has 0 saturated carbocycles. The predicted molar refractivity (Wildman–Crippen MR) is 90.5 cm³/mol. The zero-order valence-corrected chi connectivity index (χ0v) is 15.3. The fraction of sp³-hybridized carbons (Fsp3) is 0.375. The summed E-state index contributed by atoms with van der Waals surface area (Å²) in [6.45, 7) is 4.12. The van der Waals surface area contributed by atoms with Gasteiger partial charge in [0.1, 0.15) is 16.0 Å². The molecule has 1 heterocycles. The highest BCUT2D eigenvalue weighted by atomic mass is 79.9. The molecule has 0 spiro atoms. The van der Waals surface area contributed by atoms with Crippen LogP contribution in [0.1, 0.15) is 35.8 Å². The van der Waals surface area contributed by atoms with E-state index in [9.17, 15) is 4.79 Å². The number of carboxylic acids is 1. The normalized spacial score (nSPS) is 10.9. The predicted octanol–water partition coefficient (Wildman–Crippen LogP) is 3.69. The van der Waals surface area contributed by atoms with E-state index in [2.05, 4.69) is 34.9 Å². The molecule has 0 aliphatic carbocycles. The molecule has 0 amide bonds. The number of aromatic carboxylic acids is 1. The minimum Gasteiger partial charge on any atom is -0.495 e. The third-order valence-corrected chi connectivity index (χ3v) is 4.33. The number of methoxy groups -OCH3 is 2. The molecular formula is C16H19BrN2O4. The summed E-state index contributed by atoms with van der Waals surface area (Å²) in [5, 5.41) is 13.2. The number of ether oxygens (including phenoxy) is 2. The van der Waals surface area contributed by atoms with Crippen LogP contribution >= 0.6 is 15.9 Å². The first-order chi connectivity index (χ1) is 10.8. The van der Waals surface area contributed by atoms with Gasteiger partial charge < -0.3 is 14.6 Å². The fourth-order valence-electron chi connectivity index (χ4n) is 2.48. The number of hydrogen-bond acceptors (Lipinski definition) is 4. The standard InChI is InChI=1S/C16H19BrN2O4/c1-8(2)9-6-10(15(23-5)13(17)14(9)22-4)12-7-11(16(20)21)18-19(12)3/h6-8H,1-5H3,(H,20,21). The van der Waals surface area contributed by atoms with Crippen molar-refractivity contribution in [3.63, 3.8) is 0 Å². The van der Waals surface area contributed by atoms with Gasteiger partial charge in [0.25, 0.3) is 0 Å². The van der Waals surface area contributed by atoms with Crippen molar-refractivity contribution in [1.29, 1.82) is 0 Å². The van der Waals surface area contributed by atoms with E-state index in [4.69, 9.17) is 14.6 Å². The summed E-state index contributed by atoms with van der Waals surface area (Å²) < 4.78 is 13.2. The van der Waals surface area contributed by atoms with Gasteiger partial charge in [-0.3, -0.25) is 4.68 Å². The van der Waals surface area contributed by atoms with Crippen LogP contribution < -0.4 is 9.47 Å². The van der Waals surface area contributed by atoms with Crippen LogP contribution in [0.5, 0.6) is 11.5 Å². The molecule has 1 N–H and O–H groups in total. The number of aromatic nitrogens is 2. The van der Waals surface area contributed by atoms with E-state index >= 15 is 0 Å². The Morgan fingerprint density at radius 3 is 2.30 bits per heavy atom. The lowest BCUT2D eigenvalue weighted by Crippen LogP contribution is -2.02. The molecule has 0 saturated heterocycles. The van der Waals surface area contributed by atoms with Gasteiger partial charge in [0.2, 0.25) is 0 Å². The van der Waals surface area contributed by atoms with Gasteiger partial charge in [-0.05, 0) is 39.5 Å². The summed E-state index contributed by atoms with van der Waals surface area (Å²) in [4.78, 5) is 11.2. The Morgan fingerprint density at radius 2 is 1.87 bits per heavy atom. The number of hydrogen-bond donors (Lipinski definition) is 1. The maximum Gasteiger partial charge on any atom is 0.356 e. The molecule has 124 valence electrons.